The second-order valence-electron chi connectivity index (χ2n) is 6.58. The molecule has 0 atom stereocenters. The molecule has 0 radical (unpaired) electrons. The van der Waals surface area contributed by atoms with Crippen molar-refractivity contribution < 1.29 is 9.59 Å². The predicted molar refractivity (Wildman–Crippen MR) is 122 cm³/mol. The lowest BCUT2D eigenvalue weighted by Crippen LogP contribution is -2.13. The van der Waals surface area contributed by atoms with E-state index in [0.29, 0.717) is 39.0 Å². The number of nitrogens with zero attached hydrogens (tertiary/aromatic N) is 1. The van der Waals surface area contributed by atoms with Gasteiger partial charge in [-0.25, -0.2) is 4.98 Å². The molecule has 7 heteroatoms. The standard InChI is InChI=1S/C23H17BrN4O2/c24-17-8-6-15(7-9-17)23(30)28-19-10-11-26-22-20(19)16(13-27-22)12-18(21(25)29)14-4-2-1-3-5-14/h1-13H,(H2,25,29)(H2,26,27,28,30)/b18-12-. The van der Waals surface area contributed by atoms with E-state index in [9.17, 15) is 9.59 Å². The summed E-state index contributed by atoms with van der Waals surface area (Å²) in [6.45, 7) is 0. The fraction of sp³-hybridized carbons (Fsp3) is 0. The first-order valence-corrected chi connectivity index (χ1v) is 9.92. The monoisotopic (exact) mass is 460 g/mol. The summed E-state index contributed by atoms with van der Waals surface area (Å²) in [5.74, 6) is -0.788. The number of hydrogen-bond donors (Lipinski definition) is 3. The van der Waals surface area contributed by atoms with Crippen LogP contribution in [0.5, 0.6) is 0 Å². The van der Waals surface area contributed by atoms with Crippen molar-refractivity contribution in [1.29, 1.82) is 0 Å². The Morgan fingerprint density at radius 2 is 1.73 bits per heavy atom. The molecular formula is C23H17BrN4O2. The zero-order valence-electron chi connectivity index (χ0n) is 15.7. The van der Waals surface area contributed by atoms with Gasteiger partial charge in [0.15, 0.2) is 0 Å². The molecule has 148 valence electrons. The van der Waals surface area contributed by atoms with Crippen LogP contribution in [0.2, 0.25) is 0 Å². The number of benzene rings is 2. The van der Waals surface area contributed by atoms with Crippen molar-refractivity contribution in [3.8, 4) is 0 Å². The first kappa shape index (κ1) is 19.6. The van der Waals surface area contributed by atoms with Gasteiger partial charge in [0, 0.05) is 39.0 Å². The lowest BCUT2D eigenvalue weighted by atomic mass is 10.0. The van der Waals surface area contributed by atoms with Crippen molar-refractivity contribution in [3.63, 3.8) is 0 Å². The van der Waals surface area contributed by atoms with Crippen molar-refractivity contribution in [2.45, 2.75) is 0 Å². The van der Waals surface area contributed by atoms with Crippen molar-refractivity contribution in [1.82, 2.24) is 9.97 Å². The molecule has 30 heavy (non-hydrogen) atoms. The molecule has 4 N–H and O–H groups in total. The Labute approximate surface area is 181 Å². The highest BCUT2D eigenvalue weighted by atomic mass is 79.9. The van der Waals surface area contributed by atoms with Gasteiger partial charge >= 0.3 is 0 Å². The molecule has 4 rings (SSSR count). The van der Waals surface area contributed by atoms with Crippen molar-refractivity contribution in [2.75, 3.05) is 5.32 Å². The van der Waals surface area contributed by atoms with Gasteiger partial charge in [-0.2, -0.15) is 0 Å². The number of nitrogens with two attached hydrogens (primary N) is 1. The number of nitrogens with one attached hydrogen (secondary N) is 2. The molecule has 0 unspecified atom stereocenters. The molecule has 2 heterocycles. The van der Waals surface area contributed by atoms with Crippen LogP contribution in [0.1, 0.15) is 21.5 Å². The van der Waals surface area contributed by atoms with Gasteiger partial charge in [-0.05, 0) is 42.0 Å². The molecule has 0 aliphatic carbocycles. The van der Waals surface area contributed by atoms with Gasteiger partial charge in [0.1, 0.15) is 5.65 Å². The highest BCUT2D eigenvalue weighted by molar-refractivity contribution is 9.10. The molecule has 0 fully saturated rings. The molecule has 0 bridgehead atoms. The van der Waals surface area contributed by atoms with Crippen LogP contribution in [0.15, 0.2) is 77.5 Å². The van der Waals surface area contributed by atoms with Crippen LogP contribution in [0.4, 0.5) is 5.69 Å². The van der Waals surface area contributed by atoms with Gasteiger partial charge in [0.25, 0.3) is 5.91 Å². The van der Waals surface area contributed by atoms with Crippen LogP contribution in [0, 0.1) is 0 Å². The number of carbonyl (C=O) groups is 2. The highest BCUT2D eigenvalue weighted by Gasteiger charge is 2.15. The second-order valence-corrected chi connectivity index (χ2v) is 7.49. The van der Waals surface area contributed by atoms with Crippen molar-refractivity contribution in [3.05, 3.63) is 94.2 Å². The fourth-order valence-corrected chi connectivity index (χ4v) is 3.43. The average molecular weight is 461 g/mol. The first-order valence-electron chi connectivity index (χ1n) is 9.13. The largest absolute Gasteiger partial charge is 0.366 e. The number of amides is 2. The molecule has 2 amide bonds. The zero-order chi connectivity index (χ0) is 21.1. The maximum absolute atomic E-state index is 12.7. The fourth-order valence-electron chi connectivity index (χ4n) is 3.17. The van der Waals surface area contributed by atoms with E-state index in [4.69, 9.17) is 5.73 Å². The van der Waals surface area contributed by atoms with Crippen molar-refractivity contribution >= 4 is 56.1 Å². The van der Waals surface area contributed by atoms with Gasteiger partial charge in [0.05, 0.1) is 5.69 Å². The highest BCUT2D eigenvalue weighted by Crippen LogP contribution is 2.29. The number of aromatic nitrogens is 2. The summed E-state index contributed by atoms with van der Waals surface area (Å²) in [7, 11) is 0. The van der Waals surface area contributed by atoms with Gasteiger partial charge in [-0.15, -0.1) is 0 Å². The molecule has 0 aliphatic heterocycles. The van der Waals surface area contributed by atoms with Gasteiger partial charge in [-0.1, -0.05) is 46.3 Å². The number of halogens is 1. The van der Waals surface area contributed by atoms with E-state index in [1.54, 1.807) is 48.8 Å². The average Bonchev–Trinajstić information content (AvgIpc) is 3.17. The summed E-state index contributed by atoms with van der Waals surface area (Å²) in [6.07, 6.45) is 5.04. The third-order valence-electron chi connectivity index (χ3n) is 4.61. The molecule has 0 spiro atoms. The number of carbonyl (C=O) groups excluding carboxylic acids is 2. The molecule has 0 saturated carbocycles. The maximum Gasteiger partial charge on any atom is 0.255 e. The van der Waals surface area contributed by atoms with E-state index >= 15 is 0 Å². The van der Waals surface area contributed by atoms with Crippen LogP contribution in [-0.2, 0) is 4.79 Å². The van der Waals surface area contributed by atoms with E-state index in [1.807, 2.05) is 30.3 Å². The summed E-state index contributed by atoms with van der Waals surface area (Å²) < 4.78 is 0.892. The number of fused-ring (bicyclic) bond motifs is 1. The van der Waals surface area contributed by atoms with Crippen molar-refractivity contribution in [2.24, 2.45) is 5.73 Å². The van der Waals surface area contributed by atoms with E-state index in [2.05, 4.69) is 31.2 Å². The normalized spacial score (nSPS) is 11.4. The molecular weight excluding hydrogens is 444 g/mol. The number of primary amides is 1. The number of hydrogen-bond acceptors (Lipinski definition) is 3. The number of pyridine rings is 1. The van der Waals surface area contributed by atoms with E-state index < -0.39 is 5.91 Å². The smallest absolute Gasteiger partial charge is 0.255 e. The van der Waals surface area contributed by atoms with Crippen LogP contribution in [0.3, 0.4) is 0 Å². The second kappa shape index (κ2) is 8.34. The van der Waals surface area contributed by atoms with Crippen LogP contribution < -0.4 is 11.1 Å². The number of aromatic amines is 1. The summed E-state index contributed by atoms with van der Waals surface area (Å²) in [6, 6.07) is 18.0. The van der Waals surface area contributed by atoms with Gasteiger partial charge in [-0.3, -0.25) is 9.59 Å². The lowest BCUT2D eigenvalue weighted by molar-refractivity contribution is -0.112. The summed E-state index contributed by atoms with van der Waals surface area (Å²) in [4.78, 5) is 32.2. The number of anilines is 1. The first-order chi connectivity index (χ1) is 14.5. The summed E-state index contributed by atoms with van der Waals surface area (Å²) in [5.41, 5.74) is 9.10. The number of H-pyrrole nitrogens is 1. The Balaban J connectivity index is 1.76. The molecule has 4 aromatic rings. The SMILES string of the molecule is NC(=O)/C(=C\c1c[nH]c2nccc(NC(=O)c3ccc(Br)cc3)c12)c1ccccc1. The third-order valence-corrected chi connectivity index (χ3v) is 5.14. The van der Waals surface area contributed by atoms with E-state index in [-0.39, 0.29) is 5.91 Å². The quantitative estimate of drug-likeness (QED) is 0.379. The van der Waals surface area contributed by atoms with E-state index in [1.165, 1.54) is 0 Å². The molecule has 0 saturated heterocycles. The van der Waals surface area contributed by atoms with Crippen LogP contribution in [-0.4, -0.2) is 21.8 Å². The predicted octanol–water partition coefficient (Wildman–Crippen LogP) is 4.60. The minimum atomic E-state index is -0.542. The third kappa shape index (κ3) is 4.01. The Kier molecular flexibility index (Phi) is 5.45. The Hall–Kier alpha value is -3.71. The summed E-state index contributed by atoms with van der Waals surface area (Å²) >= 11 is 3.36. The number of rotatable bonds is 5. The van der Waals surface area contributed by atoms with Gasteiger partial charge in [0.2, 0.25) is 5.91 Å². The maximum atomic E-state index is 12.7. The Morgan fingerprint density at radius 3 is 2.43 bits per heavy atom. The lowest BCUT2D eigenvalue weighted by Gasteiger charge is -2.08. The topological polar surface area (TPSA) is 101 Å². The van der Waals surface area contributed by atoms with Gasteiger partial charge < -0.3 is 16.0 Å². The van der Waals surface area contributed by atoms with Crippen LogP contribution >= 0.6 is 15.9 Å². The minimum Gasteiger partial charge on any atom is -0.366 e. The van der Waals surface area contributed by atoms with E-state index in [0.717, 1.165) is 4.47 Å². The molecule has 2 aromatic heterocycles. The van der Waals surface area contributed by atoms with Crippen LogP contribution in [0.25, 0.3) is 22.7 Å². The summed E-state index contributed by atoms with van der Waals surface area (Å²) in [5, 5.41) is 3.62. The Morgan fingerprint density at radius 1 is 1.00 bits per heavy atom. The Bertz CT molecular complexity index is 1260. The molecule has 0 aliphatic rings. The minimum absolute atomic E-state index is 0.246. The molecule has 2 aromatic carbocycles. The zero-order valence-corrected chi connectivity index (χ0v) is 17.3. The molecule has 6 nitrogen and oxygen atoms in total.